The van der Waals surface area contributed by atoms with Crippen LogP contribution in [0.4, 0.5) is 0 Å². The first-order valence-corrected chi connectivity index (χ1v) is 33.1. The molecule has 0 aromatic heterocycles. The highest BCUT2D eigenvalue weighted by atomic mass is 32.3. The van der Waals surface area contributed by atoms with Crippen LogP contribution in [0.3, 0.4) is 0 Å². The Labute approximate surface area is 518 Å². The predicted molar refractivity (Wildman–Crippen MR) is 275 cm³/mol. The van der Waals surface area contributed by atoms with Gasteiger partial charge in [0.05, 0.1) is 26.2 Å². The van der Waals surface area contributed by atoms with Gasteiger partial charge in [-0.15, -0.1) is 0 Å². The van der Waals surface area contributed by atoms with E-state index in [-0.39, 0.29) is 0 Å². The van der Waals surface area contributed by atoms with Gasteiger partial charge in [-0.25, -0.2) is 29.9 Å². The fourth-order valence-electron chi connectivity index (χ4n) is 9.87. The average Bonchev–Trinajstić information content (AvgIpc) is 0.774. The summed E-state index contributed by atoms with van der Waals surface area (Å²) in [5, 5.41) is 32.6. The van der Waals surface area contributed by atoms with Crippen molar-refractivity contribution in [1.82, 2.24) is 0 Å². The summed E-state index contributed by atoms with van der Waals surface area (Å²) in [6, 6.07) is 0. The maximum Gasteiger partial charge on any atom is 0.397 e. The predicted octanol–water partition coefficient (Wildman–Crippen LogP) is -6.91. The molecular formula is C39H68O46S6. The second-order valence-electron chi connectivity index (χ2n) is 18.8. The second kappa shape index (κ2) is 34.1. The molecule has 91 heavy (non-hydrogen) atoms. The van der Waals surface area contributed by atoms with E-state index in [1.165, 1.54) is 0 Å². The van der Waals surface area contributed by atoms with Crippen LogP contribution in [0.2, 0.25) is 0 Å². The molecule has 0 bridgehead atoms. The summed E-state index contributed by atoms with van der Waals surface area (Å²) >= 11 is 0. The van der Waals surface area contributed by atoms with Gasteiger partial charge in [0.15, 0.2) is 49.8 Å². The number of carboxylic acid groups (broad SMARTS) is 2. The van der Waals surface area contributed by atoms with Crippen molar-refractivity contribution in [2.24, 2.45) is 0 Å². The van der Waals surface area contributed by atoms with E-state index in [1.807, 2.05) is 0 Å². The fraction of sp³-hybridized carbons (Fsp3) is 0.949. The van der Waals surface area contributed by atoms with E-state index in [0.29, 0.717) is 0 Å². The van der Waals surface area contributed by atoms with E-state index in [1.54, 1.807) is 0 Å². The Morgan fingerprint density at radius 1 is 0.385 bits per heavy atom. The summed E-state index contributed by atoms with van der Waals surface area (Å²) in [5.41, 5.74) is 0. The van der Waals surface area contributed by atoms with Crippen molar-refractivity contribution in [3.63, 3.8) is 0 Å². The molecular weight excluding hydrogens is 1400 g/mol. The lowest BCUT2D eigenvalue weighted by molar-refractivity contribution is -0.379. The lowest BCUT2D eigenvalue weighted by atomic mass is 9.95. The molecule has 0 aromatic carbocycles. The Balaban J connectivity index is 1.87. The summed E-state index contributed by atoms with van der Waals surface area (Å²) in [7, 11) is -25.6. The van der Waals surface area contributed by atoms with Gasteiger partial charge in [0.1, 0.15) is 97.7 Å². The number of hydrogen-bond acceptors (Lipinski definition) is 38. The SMILES string of the molecule is COC1C(OC)[C@H](OC)[C@H](COS(=O)(=O)O)O[C@@H]1O[C@H]1C(OC)C(OC)[C@H](O[C@@H]2C(COS(=O)(=O)O)O[C@@H](O[C@@H](CC(=O)O)[C@@H](OC)C(OC)[C@@H](O)O[C@H]3C(OC)C(OS(=O)(=O)O)[C@@H](OC)O[C@H]3COS(=O)(=O)O)C(OS(=O)(=O)O)[C@H]2OS(=O)(=O)O)O[C@H]1C(=O)O. The van der Waals surface area contributed by atoms with Gasteiger partial charge in [0.2, 0.25) is 0 Å². The summed E-state index contributed by atoms with van der Waals surface area (Å²) in [6.45, 7) is -4.01. The highest BCUT2D eigenvalue weighted by Gasteiger charge is 2.60. The molecule has 4 fully saturated rings. The van der Waals surface area contributed by atoms with E-state index in [4.69, 9.17) is 88.9 Å². The van der Waals surface area contributed by atoms with Crippen molar-refractivity contribution in [1.29, 1.82) is 0 Å². The van der Waals surface area contributed by atoms with Crippen LogP contribution in [-0.4, -0.2) is 336 Å². The maximum atomic E-state index is 13.2. The number of carboxylic acids is 2. The summed E-state index contributed by atoms with van der Waals surface area (Å²) in [4.78, 5) is 25.9. The van der Waals surface area contributed by atoms with Gasteiger partial charge in [0.25, 0.3) is 0 Å². The highest BCUT2D eigenvalue weighted by molar-refractivity contribution is 7.82. The van der Waals surface area contributed by atoms with Crippen LogP contribution in [0.5, 0.6) is 0 Å². The lowest BCUT2D eigenvalue weighted by Crippen LogP contribution is -2.68. The molecule has 4 aliphatic rings. The minimum Gasteiger partial charge on any atom is -0.481 e. The molecule has 0 aliphatic carbocycles. The summed E-state index contributed by atoms with van der Waals surface area (Å²) < 4.78 is 327. The number of carbonyl (C=O) groups is 2. The molecule has 4 saturated heterocycles. The molecule has 536 valence electrons. The molecule has 0 amide bonds. The van der Waals surface area contributed by atoms with Crippen molar-refractivity contribution in [2.75, 3.05) is 83.8 Å². The number of rotatable bonds is 38. The van der Waals surface area contributed by atoms with Crippen LogP contribution in [0, 0.1) is 0 Å². The van der Waals surface area contributed by atoms with Crippen LogP contribution in [0.1, 0.15) is 6.42 Å². The van der Waals surface area contributed by atoms with E-state index >= 15 is 0 Å². The number of aliphatic hydroxyl groups excluding tert-OH is 1. The van der Waals surface area contributed by atoms with Crippen molar-refractivity contribution < 1.29 is 208 Å². The van der Waals surface area contributed by atoms with Crippen LogP contribution < -0.4 is 0 Å². The van der Waals surface area contributed by atoms with Gasteiger partial charge in [0, 0.05) is 64.0 Å². The zero-order valence-electron chi connectivity index (χ0n) is 48.3. The number of aliphatic carboxylic acids is 2. The second-order valence-corrected chi connectivity index (χ2v) is 25.2. The van der Waals surface area contributed by atoms with Gasteiger partial charge in [-0.2, -0.15) is 50.5 Å². The molecule has 52 heteroatoms. The van der Waals surface area contributed by atoms with Gasteiger partial charge in [-0.05, 0) is 0 Å². The van der Waals surface area contributed by atoms with Crippen molar-refractivity contribution >= 4 is 74.3 Å². The van der Waals surface area contributed by atoms with E-state index in [9.17, 15) is 103 Å². The summed E-state index contributed by atoms with van der Waals surface area (Å²) in [5.74, 6) is -3.92. The molecule has 9 unspecified atom stereocenters. The summed E-state index contributed by atoms with van der Waals surface area (Å²) in [6.07, 6.45) is -54.2. The zero-order chi connectivity index (χ0) is 69.1. The molecule has 24 atom stereocenters. The van der Waals surface area contributed by atoms with Crippen molar-refractivity contribution in [3.8, 4) is 0 Å². The Kier molecular flexibility index (Phi) is 30.3. The van der Waals surface area contributed by atoms with Gasteiger partial charge >= 0.3 is 74.3 Å². The van der Waals surface area contributed by atoms with Gasteiger partial charge in [-0.1, -0.05) is 0 Å². The standard InChI is InChI=1S/C39H68O46S6/c1-63-19(29(68-6)35(44)79-21-16(12-73-87(48,49)50)76-36(71-9)32(24(21)66-4)84-90(57,58)59)14(10-18(40)41)75-39-33(85-91(60,61)62)27(83-89(54,55)56)22(17(78-39)13-74-88(51,52)53)80-38-31(70-8)25(67-5)26(28(82-38)34(42)43)81-37-30(69-7)23(65-3)20(64-2)15(77-37)11-72-86(45,46)47/h14-17,19-33,35-39,44H,10-13H2,1-9H3,(H,40,41)(H,42,43)(H,45,46,47)(H,48,49,50)(H,51,52,53)(H,54,55,56)(H,57,58,59)(H,60,61,62)/t14-,15-,16-,17?,19+,20+,21+,22+,23?,24?,25?,26-,27-,28+,29?,30?,31?,32?,33?,35-,36-,37+,38+,39+/m0/s1. The first-order chi connectivity index (χ1) is 42.0. The van der Waals surface area contributed by atoms with Crippen LogP contribution >= 0.6 is 0 Å². The Bertz CT molecular complexity index is 3030. The smallest absolute Gasteiger partial charge is 0.397 e. The molecule has 4 heterocycles. The number of aliphatic hydroxyl groups is 1. The first kappa shape index (κ1) is 80.9. The first-order valence-electron chi connectivity index (χ1n) is 25.0. The van der Waals surface area contributed by atoms with E-state index < -0.39 is 248 Å². The molecule has 4 aliphatic heterocycles. The molecule has 0 radical (unpaired) electrons. The third-order valence-corrected chi connectivity index (χ3v) is 16.0. The molecule has 0 spiro atoms. The minimum atomic E-state index is -6.15. The van der Waals surface area contributed by atoms with Gasteiger partial charge in [-0.3, -0.25) is 32.1 Å². The highest BCUT2D eigenvalue weighted by Crippen LogP contribution is 2.39. The quantitative estimate of drug-likeness (QED) is 0.0205. The van der Waals surface area contributed by atoms with Crippen LogP contribution in [-0.2, 0) is 178 Å². The molecule has 4 rings (SSSR count). The Morgan fingerprint density at radius 2 is 0.747 bits per heavy atom. The number of methoxy groups -OCH3 is 9. The lowest BCUT2D eigenvalue weighted by Gasteiger charge is -2.50. The largest absolute Gasteiger partial charge is 0.481 e. The Morgan fingerprint density at radius 3 is 1.14 bits per heavy atom. The van der Waals surface area contributed by atoms with E-state index in [0.717, 1.165) is 64.0 Å². The van der Waals surface area contributed by atoms with Crippen molar-refractivity contribution in [3.05, 3.63) is 0 Å². The van der Waals surface area contributed by atoms with E-state index in [2.05, 4.69) is 16.7 Å². The number of hydrogen-bond donors (Lipinski definition) is 9. The van der Waals surface area contributed by atoms with Crippen molar-refractivity contribution in [2.45, 2.75) is 154 Å². The Hall–Kier alpha value is -2.56. The van der Waals surface area contributed by atoms with Crippen LogP contribution in [0.25, 0.3) is 0 Å². The van der Waals surface area contributed by atoms with Crippen LogP contribution in [0.15, 0.2) is 0 Å². The minimum absolute atomic E-state index is 0.740. The molecule has 0 aromatic rings. The maximum absolute atomic E-state index is 13.2. The zero-order valence-corrected chi connectivity index (χ0v) is 53.2. The normalized spacial score (nSPS) is 34.6. The molecule has 46 nitrogen and oxygen atoms in total. The average molecular weight is 1470 g/mol. The molecule has 0 saturated carbocycles. The number of ether oxygens (including phenoxy) is 17. The monoisotopic (exact) mass is 1460 g/mol. The fourth-order valence-corrected chi connectivity index (χ4v) is 12.2. The molecule has 9 N–H and O–H groups in total. The topological polar surface area (TPSA) is 633 Å². The van der Waals surface area contributed by atoms with Gasteiger partial charge < -0.3 is 95.8 Å². The third kappa shape index (κ3) is 23.6. The third-order valence-electron chi connectivity index (χ3n) is 13.3.